The molecule has 0 aliphatic carbocycles. The lowest BCUT2D eigenvalue weighted by Gasteiger charge is -2.23. The third-order valence-corrected chi connectivity index (χ3v) is 4.14. The number of primary sulfonamides is 1. The van der Waals surface area contributed by atoms with Gasteiger partial charge in [-0.1, -0.05) is 38.5 Å². The Bertz CT molecular complexity index is 470. The quantitative estimate of drug-likeness (QED) is 0.838. The molecule has 0 aliphatic rings. The number of nitrogens with two attached hydrogens (primary N) is 1. The first-order chi connectivity index (χ1) is 7.91. The predicted molar refractivity (Wildman–Crippen MR) is 67.1 cm³/mol. The molecule has 0 aromatic heterocycles. The largest absolute Gasteiger partial charge is 0.396 e. The molecule has 0 saturated carbocycles. The van der Waals surface area contributed by atoms with Crippen molar-refractivity contribution in [2.75, 3.05) is 6.61 Å². The van der Waals surface area contributed by atoms with Crippen LogP contribution in [0, 0.1) is 5.92 Å². The van der Waals surface area contributed by atoms with Crippen molar-refractivity contribution in [2.45, 2.75) is 31.1 Å². The predicted octanol–water partition coefficient (Wildman–Crippen LogP) is 1.46. The molecule has 1 aromatic carbocycles. The van der Waals surface area contributed by atoms with Crippen LogP contribution in [0.15, 0.2) is 29.2 Å². The van der Waals surface area contributed by atoms with Gasteiger partial charge in [-0.15, -0.1) is 0 Å². The highest BCUT2D eigenvalue weighted by Crippen LogP contribution is 2.30. The highest BCUT2D eigenvalue weighted by molar-refractivity contribution is 7.89. The van der Waals surface area contributed by atoms with E-state index in [1.165, 1.54) is 6.07 Å². The minimum atomic E-state index is -3.74. The summed E-state index contributed by atoms with van der Waals surface area (Å²) in [4.78, 5) is 0.111. The summed E-state index contributed by atoms with van der Waals surface area (Å²) in [6, 6.07) is 6.59. The van der Waals surface area contributed by atoms with Gasteiger partial charge in [0, 0.05) is 5.92 Å². The second-order valence-corrected chi connectivity index (χ2v) is 5.79. The zero-order valence-electron chi connectivity index (χ0n) is 10.1. The van der Waals surface area contributed by atoms with Crippen LogP contribution in [0.5, 0.6) is 0 Å². The van der Waals surface area contributed by atoms with Crippen LogP contribution >= 0.6 is 0 Å². The van der Waals surface area contributed by atoms with Gasteiger partial charge in [0.15, 0.2) is 0 Å². The standard InChI is InChI=1S/C12H19NO3S/c1-3-9(2)11(8-14)10-6-4-5-7-12(10)17(13,15)16/h4-7,9,11,14H,3,8H2,1-2H3,(H2,13,15,16)/t9-,11-/m1/s1. The van der Waals surface area contributed by atoms with Gasteiger partial charge in [-0.25, -0.2) is 13.6 Å². The molecule has 17 heavy (non-hydrogen) atoms. The second-order valence-electron chi connectivity index (χ2n) is 4.26. The first-order valence-corrected chi connectivity index (χ1v) is 7.19. The molecule has 0 bridgehead atoms. The summed E-state index contributed by atoms with van der Waals surface area (Å²) >= 11 is 0. The van der Waals surface area contributed by atoms with E-state index in [9.17, 15) is 13.5 Å². The molecule has 0 radical (unpaired) electrons. The summed E-state index contributed by atoms with van der Waals surface area (Å²) in [5, 5.41) is 14.6. The van der Waals surface area contributed by atoms with E-state index >= 15 is 0 Å². The summed E-state index contributed by atoms with van der Waals surface area (Å²) < 4.78 is 23.0. The normalized spacial score (nSPS) is 15.5. The number of benzene rings is 1. The molecular formula is C12H19NO3S. The summed E-state index contributed by atoms with van der Waals surface area (Å²) in [6.07, 6.45) is 0.865. The van der Waals surface area contributed by atoms with E-state index in [0.717, 1.165) is 6.42 Å². The Morgan fingerprint density at radius 3 is 2.41 bits per heavy atom. The van der Waals surface area contributed by atoms with Gasteiger partial charge in [0.1, 0.15) is 0 Å². The number of aliphatic hydroxyl groups is 1. The number of aliphatic hydroxyl groups excluding tert-OH is 1. The first kappa shape index (κ1) is 14.2. The average Bonchev–Trinajstić information content (AvgIpc) is 2.29. The average molecular weight is 257 g/mol. The smallest absolute Gasteiger partial charge is 0.238 e. The molecule has 2 atom stereocenters. The van der Waals surface area contributed by atoms with Gasteiger partial charge in [-0.05, 0) is 17.5 Å². The van der Waals surface area contributed by atoms with Gasteiger partial charge in [-0.3, -0.25) is 0 Å². The molecule has 0 saturated heterocycles. The van der Waals surface area contributed by atoms with Crippen LogP contribution in [0.2, 0.25) is 0 Å². The van der Waals surface area contributed by atoms with Crippen molar-refractivity contribution in [1.82, 2.24) is 0 Å². The van der Waals surface area contributed by atoms with Crippen LogP contribution < -0.4 is 5.14 Å². The Morgan fingerprint density at radius 1 is 1.35 bits per heavy atom. The summed E-state index contributed by atoms with van der Waals surface area (Å²) in [6.45, 7) is 3.91. The van der Waals surface area contributed by atoms with Crippen LogP contribution in [-0.4, -0.2) is 20.1 Å². The number of hydrogen-bond donors (Lipinski definition) is 2. The molecule has 0 spiro atoms. The zero-order chi connectivity index (χ0) is 13.1. The molecule has 0 amide bonds. The molecule has 5 heteroatoms. The van der Waals surface area contributed by atoms with Crippen molar-refractivity contribution in [3.8, 4) is 0 Å². The van der Waals surface area contributed by atoms with Gasteiger partial charge in [0.05, 0.1) is 11.5 Å². The molecular weight excluding hydrogens is 238 g/mol. The summed E-state index contributed by atoms with van der Waals surface area (Å²) in [5.74, 6) is -0.00238. The second kappa shape index (κ2) is 5.62. The van der Waals surface area contributed by atoms with Crippen molar-refractivity contribution in [3.05, 3.63) is 29.8 Å². The maximum Gasteiger partial charge on any atom is 0.238 e. The molecule has 1 aromatic rings. The lowest BCUT2D eigenvalue weighted by molar-refractivity contribution is 0.227. The first-order valence-electron chi connectivity index (χ1n) is 5.64. The third kappa shape index (κ3) is 3.28. The molecule has 1 rings (SSSR count). The van der Waals surface area contributed by atoms with Crippen LogP contribution in [0.1, 0.15) is 31.7 Å². The number of rotatable bonds is 5. The van der Waals surface area contributed by atoms with Gasteiger partial charge < -0.3 is 5.11 Å². The Kier molecular flexibility index (Phi) is 4.68. The van der Waals surface area contributed by atoms with Gasteiger partial charge >= 0.3 is 0 Å². The molecule has 0 aliphatic heterocycles. The van der Waals surface area contributed by atoms with Crippen LogP contribution in [0.3, 0.4) is 0 Å². The number of hydrogen-bond acceptors (Lipinski definition) is 3. The van der Waals surface area contributed by atoms with Gasteiger partial charge in [-0.2, -0.15) is 0 Å². The maximum absolute atomic E-state index is 11.5. The van der Waals surface area contributed by atoms with Crippen molar-refractivity contribution in [1.29, 1.82) is 0 Å². The van der Waals surface area contributed by atoms with Crippen molar-refractivity contribution in [3.63, 3.8) is 0 Å². The summed E-state index contributed by atoms with van der Waals surface area (Å²) in [7, 11) is -3.74. The SMILES string of the molecule is CC[C@@H](C)[C@@H](CO)c1ccccc1S(N)(=O)=O. The summed E-state index contributed by atoms with van der Waals surface area (Å²) in [5.41, 5.74) is 0.604. The fourth-order valence-electron chi connectivity index (χ4n) is 1.92. The topological polar surface area (TPSA) is 80.4 Å². The van der Waals surface area contributed by atoms with Gasteiger partial charge in [0.25, 0.3) is 0 Å². The van der Waals surface area contributed by atoms with E-state index in [1.807, 2.05) is 13.8 Å². The van der Waals surface area contributed by atoms with Crippen molar-refractivity contribution >= 4 is 10.0 Å². The minimum Gasteiger partial charge on any atom is -0.396 e. The van der Waals surface area contributed by atoms with Crippen LogP contribution in [-0.2, 0) is 10.0 Å². The highest BCUT2D eigenvalue weighted by atomic mass is 32.2. The molecule has 0 unspecified atom stereocenters. The lowest BCUT2D eigenvalue weighted by atomic mass is 9.86. The van der Waals surface area contributed by atoms with E-state index < -0.39 is 10.0 Å². The van der Waals surface area contributed by atoms with Crippen molar-refractivity contribution < 1.29 is 13.5 Å². The monoisotopic (exact) mass is 257 g/mol. The minimum absolute atomic E-state index is 0.0818. The third-order valence-electron chi connectivity index (χ3n) is 3.15. The molecule has 96 valence electrons. The Morgan fingerprint density at radius 2 is 1.94 bits per heavy atom. The molecule has 0 fully saturated rings. The highest BCUT2D eigenvalue weighted by Gasteiger charge is 2.23. The fraction of sp³-hybridized carbons (Fsp3) is 0.500. The van der Waals surface area contributed by atoms with E-state index in [2.05, 4.69) is 0 Å². The van der Waals surface area contributed by atoms with Crippen molar-refractivity contribution in [2.24, 2.45) is 11.1 Å². The van der Waals surface area contributed by atoms with Crippen LogP contribution in [0.4, 0.5) is 0 Å². The molecule has 4 nitrogen and oxygen atoms in total. The van der Waals surface area contributed by atoms with Crippen LogP contribution in [0.25, 0.3) is 0 Å². The Labute approximate surface area is 103 Å². The van der Waals surface area contributed by atoms with E-state index in [1.54, 1.807) is 18.2 Å². The van der Waals surface area contributed by atoms with Gasteiger partial charge in [0.2, 0.25) is 10.0 Å². The Balaban J connectivity index is 3.30. The number of sulfonamides is 1. The lowest BCUT2D eigenvalue weighted by Crippen LogP contribution is -2.20. The zero-order valence-corrected chi connectivity index (χ0v) is 10.9. The fourth-order valence-corrected chi connectivity index (χ4v) is 2.73. The van der Waals surface area contributed by atoms with E-state index in [4.69, 9.17) is 5.14 Å². The maximum atomic E-state index is 11.5. The Hall–Kier alpha value is -0.910. The van der Waals surface area contributed by atoms with E-state index in [-0.39, 0.29) is 23.3 Å². The molecule has 3 N–H and O–H groups in total. The van der Waals surface area contributed by atoms with E-state index in [0.29, 0.717) is 5.56 Å². The molecule has 0 heterocycles.